The Hall–Kier alpha value is -1.59. The van der Waals surface area contributed by atoms with E-state index in [0.29, 0.717) is 12.3 Å². The van der Waals surface area contributed by atoms with Gasteiger partial charge < -0.3 is 10.6 Å². The molecular weight excluding hydrogens is 246 g/mol. The van der Waals surface area contributed by atoms with Crippen molar-refractivity contribution >= 4 is 17.8 Å². The number of nitrogens with one attached hydrogen (secondary N) is 3. The van der Waals surface area contributed by atoms with Gasteiger partial charge in [0.2, 0.25) is 5.91 Å². The molecular formula is C13H21N3O3. The van der Waals surface area contributed by atoms with E-state index in [1.54, 1.807) is 0 Å². The molecule has 2 fully saturated rings. The lowest BCUT2D eigenvalue weighted by atomic mass is 9.86. The summed E-state index contributed by atoms with van der Waals surface area (Å²) >= 11 is 0. The van der Waals surface area contributed by atoms with Gasteiger partial charge in [0.15, 0.2) is 0 Å². The fraction of sp³-hybridized carbons (Fsp3) is 0.769. The lowest BCUT2D eigenvalue weighted by Gasteiger charge is -2.29. The Morgan fingerprint density at radius 2 is 2.05 bits per heavy atom. The monoisotopic (exact) mass is 267 g/mol. The van der Waals surface area contributed by atoms with Crippen molar-refractivity contribution in [1.82, 2.24) is 16.0 Å². The molecule has 1 saturated heterocycles. The fourth-order valence-electron chi connectivity index (χ4n) is 2.75. The van der Waals surface area contributed by atoms with E-state index in [1.807, 2.05) is 0 Å². The Balaban J connectivity index is 1.72. The molecule has 1 heterocycles. The molecule has 0 aromatic rings. The number of amides is 4. The summed E-state index contributed by atoms with van der Waals surface area (Å²) < 4.78 is 0. The molecule has 6 nitrogen and oxygen atoms in total. The zero-order valence-corrected chi connectivity index (χ0v) is 11.2. The second-order valence-corrected chi connectivity index (χ2v) is 5.49. The maximum absolute atomic E-state index is 11.8. The Morgan fingerprint density at radius 1 is 1.32 bits per heavy atom. The van der Waals surface area contributed by atoms with Gasteiger partial charge in [-0.05, 0) is 25.2 Å². The molecule has 1 aliphatic carbocycles. The molecule has 3 unspecified atom stereocenters. The molecule has 106 valence electrons. The van der Waals surface area contributed by atoms with E-state index in [4.69, 9.17) is 0 Å². The van der Waals surface area contributed by atoms with Crippen LogP contribution >= 0.6 is 0 Å². The first-order valence-electron chi connectivity index (χ1n) is 6.97. The molecule has 0 radical (unpaired) electrons. The van der Waals surface area contributed by atoms with Crippen LogP contribution in [-0.2, 0) is 9.59 Å². The number of imide groups is 1. The second kappa shape index (κ2) is 6.04. The van der Waals surface area contributed by atoms with Gasteiger partial charge in [-0.15, -0.1) is 0 Å². The van der Waals surface area contributed by atoms with Crippen LogP contribution in [0, 0.1) is 5.92 Å². The van der Waals surface area contributed by atoms with Crippen LogP contribution in [0.5, 0.6) is 0 Å². The number of carbonyl (C=O) groups is 3. The second-order valence-electron chi connectivity index (χ2n) is 5.49. The van der Waals surface area contributed by atoms with Gasteiger partial charge in [0.1, 0.15) is 6.04 Å². The van der Waals surface area contributed by atoms with E-state index in [-0.39, 0.29) is 24.3 Å². The quantitative estimate of drug-likeness (QED) is 0.654. The van der Waals surface area contributed by atoms with Crippen molar-refractivity contribution in [2.45, 2.75) is 57.5 Å². The number of carbonyl (C=O) groups excluding carboxylic acids is 3. The summed E-state index contributed by atoms with van der Waals surface area (Å²) in [4.78, 5) is 34.1. The standard InChI is InChI=1S/C13H21N3O3/c1-8-4-2-3-5-9(8)14-11(17)7-6-10-12(18)16-13(19)15-10/h8-10H,2-7H2,1H3,(H,14,17)(H2,15,16,18,19). The summed E-state index contributed by atoms with van der Waals surface area (Å²) in [5.41, 5.74) is 0. The van der Waals surface area contributed by atoms with E-state index in [9.17, 15) is 14.4 Å². The summed E-state index contributed by atoms with van der Waals surface area (Å²) in [5.74, 6) is 0.142. The number of urea groups is 1. The number of hydrogen-bond donors (Lipinski definition) is 3. The molecule has 1 aliphatic heterocycles. The number of hydrogen-bond acceptors (Lipinski definition) is 3. The maximum atomic E-state index is 11.8. The van der Waals surface area contributed by atoms with Crippen molar-refractivity contribution in [3.05, 3.63) is 0 Å². The van der Waals surface area contributed by atoms with Crippen molar-refractivity contribution in [3.8, 4) is 0 Å². The molecule has 0 bridgehead atoms. The van der Waals surface area contributed by atoms with Crippen molar-refractivity contribution < 1.29 is 14.4 Å². The smallest absolute Gasteiger partial charge is 0.322 e. The van der Waals surface area contributed by atoms with Crippen LogP contribution in [0.2, 0.25) is 0 Å². The molecule has 0 aromatic carbocycles. The van der Waals surface area contributed by atoms with Crippen LogP contribution in [0.1, 0.15) is 45.4 Å². The maximum Gasteiger partial charge on any atom is 0.322 e. The van der Waals surface area contributed by atoms with Gasteiger partial charge in [-0.3, -0.25) is 14.9 Å². The lowest BCUT2D eigenvalue weighted by molar-refractivity contribution is -0.123. The minimum atomic E-state index is -0.568. The summed E-state index contributed by atoms with van der Waals surface area (Å²) in [6, 6.07) is -0.786. The van der Waals surface area contributed by atoms with Crippen LogP contribution in [-0.4, -0.2) is 29.9 Å². The van der Waals surface area contributed by atoms with Gasteiger partial charge in [-0.1, -0.05) is 19.8 Å². The van der Waals surface area contributed by atoms with Crippen molar-refractivity contribution in [2.75, 3.05) is 0 Å². The highest BCUT2D eigenvalue weighted by atomic mass is 16.2. The average Bonchev–Trinajstić information content (AvgIpc) is 2.68. The zero-order chi connectivity index (χ0) is 13.8. The molecule has 19 heavy (non-hydrogen) atoms. The van der Waals surface area contributed by atoms with Crippen LogP contribution in [0.4, 0.5) is 4.79 Å². The molecule has 2 rings (SSSR count). The van der Waals surface area contributed by atoms with Gasteiger partial charge in [0.25, 0.3) is 5.91 Å². The highest BCUT2D eigenvalue weighted by Gasteiger charge is 2.30. The topological polar surface area (TPSA) is 87.3 Å². The third kappa shape index (κ3) is 3.68. The number of rotatable bonds is 4. The van der Waals surface area contributed by atoms with E-state index < -0.39 is 12.1 Å². The Bertz CT molecular complexity index is 383. The van der Waals surface area contributed by atoms with Crippen molar-refractivity contribution in [2.24, 2.45) is 5.92 Å². The van der Waals surface area contributed by atoms with Gasteiger partial charge in [-0.2, -0.15) is 0 Å². The Labute approximate surface area is 112 Å². The first-order valence-corrected chi connectivity index (χ1v) is 6.97. The van der Waals surface area contributed by atoms with Crippen molar-refractivity contribution in [1.29, 1.82) is 0 Å². The van der Waals surface area contributed by atoms with Gasteiger partial charge >= 0.3 is 6.03 Å². The van der Waals surface area contributed by atoms with E-state index >= 15 is 0 Å². The molecule has 6 heteroatoms. The summed E-state index contributed by atoms with van der Waals surface area (Å²) in [5, 5.41) is 7.69. The van der Waals surface area contributed by atoms with E-state index in [0.717, 1.165) is 19.3 Å². The first-order chi connectivity index (χ1) is 9.06. The minimum absolute atomic E-state index is 0.0345. The lowest BCUT2D eigenvalue weighted by Crippen LogP contribution is -2.41. The van der Waals surface area contributed by atoms with Crippen LogP contribution in [0.3, 0.4) is 0 Å². The molecule has 4 amide bonds. The van der Waals surface area contributed by atoms with Crippen LogP contribution in [0.25, 0.3) is 0 Å². The highest BCUT2D eigenvalue weighted by molar-refractivity contribution is 6.04. The molecule has 1 saturated carbocycles. The molecule has 0 spiro atoms. The van der Waals surface area contributed by atoms with Gasteiger partial charge in [-0.25, -0.2) is 4.79 Å². The molecule has 3 N–H and O–H groups in total. The Kier molecular flexibility index (Phi) is 4.39. The van der Waals surface area contributed by atoms with E-state index in [2.05, 4.69) is 22.9 Å². The third-order valence-corrected chi connectivity index (χ3v) is 3.98. The van der Waals surface area contributed by atoms with Crippen molar-refractivity contribution in [3.63, 3.8) is 0 Å². The van der Waals surface area contributed by atoms with Crippen LogP contribution < -0.4 is 16.0 Å². The first kappa shape index (κ1) is 13.8. The van der Waals surface area contributed by atoms with E-state index in [1.165, 1.54) is 6.42 Å². The average molecular weight is 267 g/mol. The van der Waals surface area contributed by atoms with Crippen LogP contribution in [0.15, 0.2) is 0 Å². The summed E-state index contributed by atoms with van der Waals surface area (Å²) in [6.07, 6.45) is 5.21. The SMILES string of the molecule is CC1CCCCC1NC(=O)CCC1NC(=O)NC1=O. The summed E-state index contributed by atoms with van der Waals surface area (Å²) in [7, 11) is 0. The summed E-state index contributed by atoms with van der Waals surface area (Å²) in [6.45, 7) is 2.16. The predicted molar refractivity (Wildman–Crippen MR) is 69.3 cm³/mol. The molecule has 3 atom stereocenters. The normalized spacial score (nSPS) is 30.7. The fourth-order valence-corrected chi connectivity index (χ4v) is 2.75. The largest absolute Gasteiger partial charge is 0.353 e. The van der Waals surface area contributed by atoms with Gasteiger partial charge in [0, 0.05) is 12.5 Å². The molecule has 0 aromatic heterocycles. The third-order valence-electron chi connectivity index (χ3n) is 3.98. The highest BCUT2D eigenvalue weighted by Crippen LogP contribution is 2.23. The van der Waals surface area contributed by atoms with Gasteiger partial charge in [0.05, 0.1) is 0 Å². The Morgan fingerprint density at radius 3 is 2.68 bits per heavy atom. The minimum Gasteiger partial charge on any atom is -0.353 e. The predicted octanol–water partition coefficient (Wildman–Crippen LogP) is 0.670. The zero-order valence-electron chi connectivity index (χ0n) is 11.2. The molecule has 2 aliphatic rings.